The van der Waals surface area contributed by atoms with E-state index in [2.05, 4.69) is 25.9 Å². The normalized spacial score (nSPS) is 12.4. The quantitative estimate of drug-likeness (QED) is 0.746. The van der Waals surface area contributed by atoms with Crippen molar-refractivity contribution in [2.45, 2.75) is 13.0 Å². The number of benzene rings is 1. The topological polar surface area (TPSA) is 92.5 Å². The van der Waals surface area contributed by atoms with Gasteiger partial charge in [0.15, 0.2) is 5.82 Å². The van der Waals surface area contributed by atoms with Crippen LogP contribution in [0, 0.1) is 0 Å². The summed E-state index contributed by atoms with van der Waals surface area (Å²) < 4.78 is 0. The second kappa shape index (κ2) is 4.77. The summed E-state index contributed by atoms with van der Waals surface area (Å²) in [7, 11) is 0. The Kier molecular flexibility index (Phi) is 3.35. The minimum Gasteiger partial charge on any atom is -0.397 e. The largest absolute Gasteiger partial charge is 0.397 e. The van der Waals surface area contributed by atoms with Crippen LogP contribution in [0.1, 0.15) is 18.8 Å². The molecule has 0 aliphatic heterocycles. The molecule has 0 saturated carbocycles. The number of hydrogen-bond donors (Lipinski definition) is 3. The van der Waals surface area contributed by atoms with Gasteiger partial charge in [-0.25, -0.2) is 0 Å². The van der Waals surface area contributed by atoms with E-state index in [-0.39, 0.29) is 6.04 Å². The molecule has 1 aromatic heterocycles. The molecule has 6 nitrogen and oxygen atoms in total. The van der Waals surface area contributed by atoms with E-state index in [1.54, 1.807) is 12.1 Å². The van der Waals surface area contributed by atoms with Crippen molar-refractivity contribution in [1.29, 1.82) is 0 Å². The lowest BCUT2D eigenvalue weighted by molar-refractivity contribution is 0.794. The molecule has 8 heteroatoms. The van der Waals surface area contributed by atoms with Crippen LogP contribution in [-0.2, 0) is 0 Å². The average molecular weight is 273 g/mol. The van der Waals surface area contributed by atoms with Crippen molar-refractivity contribution in [3.05, 3.63) is 28.0 Å². The maximum atomic E-state index is 5.92. The third-order valence-electron chi connectivity index (χ3n) is 2.21. The third-order valence-corrected chi connectivity index (χ3v) is 2.94. The maximum absolute atomic E-state index is 5.92. The molecule has 4 N–H and O–H groups in total. The first-order valence-electron chi connectivity index (χ1n) is 4.82. The first-order chi connectivity index (χ1) is 8.08. The number of aromatic amines is 1. The summed E-state index contributed by atoms with van der Waals surface area (Å²) in [5.74, 6) is 0.537. The molecular weight excluding hydrogens is 263 g/mol. The lowest BCUT2D eigenvalue weighted by atomic mass is 10.2. The smallest absolute Gasteiger partial charge is 0.196 e. The molecule has 0 aliphatic carbocycles. The number of nitrogens with two attached hydrogens (primary N) is 1. The predicted molar refractivity (Wildman–Crippen MR) is 67.1 cm³/mol. The summed E-state index contributed by atoms with van der Waals surface area (Å²) in [4.78, 5) is 0. The lowest BCUT2D eigenvalue weighted by Crippen LogP contribution is -2.10. The Morgan fingerprint density at radius 2 is 2.06 bits per heavy atom. The monoisotopic (exact) mass is 272 g/mol. The van der Waals surface area contributed by atoms with Gasteiger partial charge in [-0.05, 0) is 19.1 Å². The summed E-state index contributed by atoms with van der Waals surface area (Å²) in [6.07, 6.45) is 0. The highest BCUT2D eigenvalue weighted by Gasteiger charge is 2.12. The molecule has 1 atom stereocenters. The number of rotatable bonds is 3. The van der Waals surface area contributed by atoms with Crippen molar-refractivity contribution in [2.75, 3.05) is 11.1 Å². The van der Waals surface area contributed by atoms with E-state index < -0.39 is 0 Å². The fourth-order valence-electron chi connectivity index (χ4n) is 1.34. The van der Waals surface area contributed by atoms with Gasteiger partial charge in [-0.1, -0.05) is 28.4 Å². The highest BCUT2D eigenvalue weighted by Crippen LogP contribution is 2.32. The second-order valence-electron chi connectivity index (χ2n) is 3.49. The number of H-pyrrole nitrogens is 1. The van der Waals surface area contributed by atoms with Gasteiger partial charge in [0.1, 0.15) is 0 Å². The van der Waals surface area contributed by atoms with Crippen molar-refractivity contribution in [3.8, 4) is 0 Å². The van der Waals surface area contributed by atoms with Gasteiger partial charge in [0.05, 0.1) is 27.5 Å². The van der Waals surface area contributed by atoms with Crippen LogP contribution in [-0.4, -0.2) is 20.6 Å². The Morgan fingerprint density at radius 3 is 2.71 bits per heavy atom. The standard InChI is InChI=1S/C9H10Cl2N6/c1-4(9-14-16-17-15-9)13-8-3-6(11)5(10)2-7(8)12/h2-4,13H,12H2,1H3,(H,14,15,16,17). The van der Waals surface area contributed by atoms with Crippen LogP contribution >= 0.6 is 23.2 Å². The van der Waals surface area contributed by atoms with Gasteiger partial charge in [0, 0.05) is 0 Å². The van der Waals surface area contributed by atoms with E-state index in [9.17, 15) is 0 Å². The number of tetrazole rings is 1. The van der Waals surface area contributed by atoms with Crippen molar-refractivity contribution in [2.24, 2.45) is 0 Å². The van der Waals surface area contributed by atoms with E-state index in [4.69, 9.17) is 28.9 Å². The Morgan fingerprint density at radius 1 is 1.35 bits per heavy atom. The molecule has 1 heterocycles. The van der Waals surface area contributed by atoms with Gasteiger partial charge in [0.2, 0.25) is 0 Å². The molecule has 0 radical (unpaired) electrons. The van der Waals surface area contributed by atoms with Crippen LogP contribution in [0.5, 0.6) is 0 Å². The molecule has 0 spiro atoms. The molecule has 0 bridgehead atoms. The number of nitrogens with zero attached hydrogens (tertiary/aromatic N) is 3. The van der Waals surface area contributed by atoms with Crippen molar-refractivity contribution < 1.29 is 0 Å². The lowest BCUT2D eigenvalue weighted by Gasteiger charge is -2.14. The zero-order valence-electron chi connectivity index (χ0n) is 8.91. The van der Waals surface area contributed by atoms with Crippen molar-refractivity contribution in [1.82, 2.24) is 20.6 Å². The minimum absolute atomic E-state index is 0.145. The van der Waals surface area contributed by atoms with Gasteiger partial charge in [0.25, 0.3) is 0 Å². The zero-order valence-corrected chi connectivity index (χ0v) is 10.4. The predicted octanol–water partition coefficient (Wildman–Crippen LogP) is 2.26. The van der Waals surface area contributed by atoms with Gasteiger partial charge < -0.3 is 11.1 Å². The van der Waals surface area contributed by atoms with Crippen molar-refractivity contribution >= 4 is 34.6 Å². The summed E-state index contributed by atoms with van der Waals surface area (Å²) in [6, 6.07) is 3.11. The molecule has 0 aliphatic rings. The van der Waals surface area contributed by atoms with Crippen LogP contribution in [0.3, 0.4) is 0 Å². The Bertz CT molecular complexity index is 512. The van der Waals surface area contributed by atoms with Crippen LogP contribution < -0.4 is 11.1 Å². The molecule has 2 rings (SSSR count). The van der Waals surface area contributed by atoms with Crippen LogP contribution in [0.15, 0.2) is 12.1 Å². The summed E-state index contributed by atoms with van der Waals surface area (Å²) in [6.45, 7) is 1.88. The summed E-state index contributed by atoms with van der Waals surface area (Å²) in [5.41, 5.74) is 7.01. The molecule has 0 saturated heterocycles. The van der Waals surface area contributed by atoms with Gasteiger partial charge in [-0.2, -0.15) is 5.21 Å². The molecule has 1 unspecified atom stereocenters. The first-order valence-corrected chi connectivity index (χ1v) is 5.58. The third kappa shape index (κ3) is 2.59. The highest BCUT2D eigenvalue weighted by atomic mass is 35.5. The number of nitrogens with one attached hydrogen (secondary N) is 2. The number of halogens is 2. The number of nitrogen functional groups attached to an aromatic ring is 1. The van der Waals surface area contributed by atoms with Gasteiger partial charge in [-0.3, -0.25) is 0 Å². The highest BCUT2D eigenvalue weighted by molar-refractivity contribution is 6.42. The Balaban J connectivity index is 2.22. The van der Waals surface area contributed by atoms with E-state index in [1.807, 2.05) is 6.92 Å². The molecule has 0 amide bonds. The summed E-state index contributed by atoms with van der Waals surface area (Å²) in [5, 5.41) is 17.6. The second-order valence-corrected chi connectivity index (χ2v) is 4.30. The van der Waals surface area contributed by atoms with Crippen LogP contribution in [0.2, 0.25) is 10.0 Å². The van der Waals surface area contributed by atoms with E-state index >= 15 is 0 Å². The molecular formula is C9H10Cl2N6. The molecule has 1 aromatic carbocycles. The minimum atomic E-state index is -0.145. The fraction of sp³-hybridized carbons (Fsp3) is 0.222. The molecule has 2 aromatic rings. The number of anilines is 2. The molecule has 90 valence electrons. The van der Waals surface area contributed by atoms with E-state index in [1.165, 1.54) is 0 Å². The number of aromatic nitrogens is 4. The van der Waals surface area contributed by atoms with Crippen molar-refractivity contribution in [3.63, 3.8) is 0 Å². The summed E-state index contributed by atoms with van der Waals surface area (Å²) >= 11 is 11.8. The molecule has 0 fully saturated rings. The number of hydrogen-bond acceptors (Lipinski definition) is 5. The van der Waals surface area contributed by atoms with E-state index in [0.29, 0.717) is 27.2 Å². The van der Waals surface area contributed by atoms with Gasteiger partial charge >= 0.3 is 0 Å². The Labute approximate surface area is 107 Å². The SMILES string of the molecule is CC(Nc1cc(Cl)c(Cl)cc1N)c1nn[nH]n1. The van der Waals surface area contributed by atoms with Crippen LogP contribution in [0.4, 0.5) is 11.4 Å². The fourth-order valence-corrected chi connectivity index (χ4v) is 1.67. The van der Waals surface area contributed by atoms with E-state index in [0.717, 1.165) is 0 Å². The zero-order chi connectivity index (χ0) is 12.4. The molecule has 17 heavy (non-hydrogen) atoms. The first kappa shape index (κ1) is 11.9. The van der Waals surface area contributed by atoms with Gasteiger partial charge in [-0.15, -0.1) is 10.2 Å². The maximum Gasteiger partial charge on any atom is 0.196 e. The van der Waals surface area contributed by atoms with Crippen LogP contribution in [0.25, 0.3) is 0 Å². The Hall–Kier alpha value is -1.53. The average Bonchev–Trinajstić information content (AvgIpc) is 2.79.